The first-order chi connectivity index (χ1) is 15.0. The summed E-state index contributed by atoms with van der Waals surface area (Å²) in [5.74, 6) is 0.733. The van der Waals surface area contributed by atoms with E-state index in [9.17, 15) is 9.18 Å². The van der Waals surface area contributed by atoms with Gasteiger partial charge < -0.3 is 19.8 Å². The Morgan fingerprint density at radius 2 is 1.97 bits per heavy atom. The standard InChI is InChI=1S/C24H26FN5O.ClH/c1-3-30-20-7-5-4-6-15(20)13-22(30)23-27-19-12-16(8-9-21(19)28(23)2)24(31)29-11-10-17(25)18(26)14-29;/h4-9,12-13,17-18H,3,10-11,14,26H2,1-2H3;1H/t17-,18+;/m0./s1. The summed E-state index contributed by atoms with van der Waals surface area (Å²) < 4.78 is 18.0. The maximum absolute atomic E-state index is 13.7. The number of nitrogens with two attached hydrogens (primary N) is 1. The molecule has 1 aliphatic rings. The first-order valence-corrected chi connectivity index (χ1v) is 10.7. The van der Waals surface area contributed by atoms with E-state index in [-0.39, 0.29) is 31.3 Å². The van der Waals surface area contributed by atoms with E-state index >= 15 is 0 Å². The number of hydrogen-bond donors (Lipinski definition) is 1. The van der Waals surface area contributed by atoms with Gasteiger partial charge in [-0.1, -0.05) is 18.2 Å². The van der Waals surface area contributed by atoms with Crippen LogP contribution >= 0.6 is 12.4 Å². The molecule has 2 N–H and O–H groups in total. The molecule has 1 fully saturated rings. The highest BCUT2D eigenvalue weighted by Crippen LogP contribution is 2.30. The smallest absolute Gasteiger partial charge is 0.253 e. The first-order valence-electron chi connectivity index (χ1n) is 10.7. The number of carbonyl (C=O) groups is 1. The lowest BCUT2D eigenvalue weighted by atomic mass is 10.0. The predicted molar refractivity (Wildman–Crippen MR) is 128 cm³/mol. The second-order valence-corrected chi connectivity index (χ2v) is 8.25. The fraction of sp³-hybridized carbons (Fsp3) is 0.333. The van der Waals surface area contributed by atoms with Crippen molar-refractivity contribution < 1.29 is 9.18 Å². The molecule has 8 heteroatoms. The Balaban J connectivity index is 0.00000245. The molecule has 0 saturated carbocycles. The minimum absolute atomic E-state index is 0. The molecular weight excluding hydrogens is 429 g/mol. The maximum Gasteiger partial charge on any atom is 0.253 e. The Labute approximate surface area is 192 Å². The summed E-state index contributed by atoms with van der Waals surface area (Å²) in [7, 11) is 1.99. The van der Waals surface area contributed by atoms with Crippen LogP contribution in [0, 0.1) is 0 Å². The molecule has 1 amide bonds. The molecule has 0 radical (unpaired) electrons. The SMILES string of the molecule is CCn1c(-c2nc3cc(C(=O)N4CC[C@H](F)[C@H](N)C4)ccc3n2C)cc2ccccc21.Cl. The van der Waals surface area contributed by atoms with Crippen molar-refractivity contribution in [2.45, 2.75) is 32.1 Å². The monoisotopic (exact) mass is 455 g/mol. The van der Waals surface area contributed by atoms with Gasteiger partial charge in [-0.05, 0) is 43.7 Å². The molecule has 3 heterocycles. The number of halogens is 2. The Bertz CT molecular complexity index is 1300. The number of piperidine rings is 1. The highest BCUT2D eigenvalue weighted by atomic mass is 35.5. The van der Waals surface area contributed by atoms with Gasteiger partial charge in [-0.15, -0.1) is 12.4 Å². The number of para-hydroxylation sites is 1. The van der Waals surface area contributed by atoms with Crippen molar-refractivity contribution in [2.75, 3.05) is 13.1 Å². The molecule has 1 saturated heterocycles. The van der Waals surface area contributed by atoms with Crippen molar-refractivity contribution in [1.29, 1.82) is 0 Å². The number of aryl methyl sites for hydroxylation is 2. The normalized spacial score (nSPS) is 18.8. The van der Waals surface area contributed by atoms with Gasteiger partial charge in [0.15, 0.2) is 5.82 Å². The van der Waals surface area contributed by atoms with Crippen LogP contribution in [0.3, 0.4) is 0 Å². The Kier molecular flexibility index (Phi) is 5.97. The second kappa shape index (κ2) is 8.56. The molecule has 5 rings (SSSR count). The fourth-order valence-corrected chi connectivity index (χ4v) is 4.62. The zero-order valence-electron chi connectivity index (χ0n) is 18.2. The number of likely N-dealkylation sites (tertiary alicyclic amines) is 1. The van der Waals surface area contributed by atoms with Crippen LogP contribution in [0.25, 0.3) is 33.5 Å². The van der Waals surface area contributed by atoms with Gasteiger partial charge in [0.1, 0.15) is 6.17 Å². The Morgan fingerprint density at radius 3 is 2.72 bits per heavy atom. The van der Waals surface area contributed by atoms with Gasteiger partial charge >= 0.3 is 0 Å². The van der Waals surface area contributed by atoms with E-state index in [2.05, 4.69) is 34.3 Å². The van der Waals surface area contributed by atoms with Crippen LogP contribution in [0.15, 0.2) is 48.5 Å². The van der Waals surface area contributed by atoms with Crippen molar-refractivity contribution in [3.63, 3.8) is 0 Å². The van der Waals surface area contributed by atoms with Gasteiger partial charge in [0.25, 0.3) is 5.91 Å². The molecule has 2 aromatic heterocycles. The average Bonchev–Trinajstić information content (AvgIpc) is 3.32. The number of nitrogens with zero attached hydrogens (tertiary/aromatic N) is 4. The summed E-state index contributed by atoms with van der Waals surface area (Å²) in [4.78, 5) is 19.5. The summed E-state index contributed by atoms with van der Waals surface area (Å²) in [5, 5.41) is 1.18. The van der Waals surface area contributed by atoms with Crippen molar-refractivity contribution in [3.05, 3.63) is 54.1 Å². The molecule has 0 unspecified atom stereocenters. The minimum Gasteiger partial charge on any atom is -0.338 e. The van der Waals surface area contributed by atoms with E-state index in [4.69, 9.17) is 10.7 Å². The molecular formula is C24H27ClFN5O. The number of alkyl halides is 1. The Hall–Kier alpha value is -2.90. The highest BCUT2D eigenvalue weighted by Gasteiger charge is 2.29. The molecule has 0 spiro atoms. The number of fused-ring (bicyclic) bond motifs is 2. The molecule has 0 aliphatic carbocycles. The van der Waals surface area contributed by atoms with Crippen LogP contribution in [-0.4, -0.2) is 50.2 Å². The van der Waals surface area contributed by atoms with Crippen LogP contribution in [0.1, 0.15) is 23.7 Å². The average molecular weight is 456 g/mol. The number of imidazole rings is 1. The number of hydrogen-bond acceptors (Lipinski definition) is 3. The quantitative estimate of drug-likeness (QED) is 0.504. The molecule has 32 heavy (non-hydrogen) atoms. The molecule has 0 bridgehead atoms. The lowest BCUT2D eigenvalue weighted by Gasteiger charge is -2.33. The summed E-state index contributed by atoms with van der Waals surface area (Å²) in [6.07, 6.45) is -0.764. The molecule has 6 nitrogen and oxygen atoms in total. The lowest BCUT2D eigenvalue weighted by Crippen LogP contribution is -2.51. The first kappa shape index (κ1) is 22.3. The third-order valence-corrected chi connectivity index (χ3v) is 6.34. The summed E-state index contributed by atoms with van der Waals surface area (Å²) in [6, 6.07) is 15.4. The van der Waals surface area contributed by atoms with Crippen LogP contribution in [0.2, 0.25) is 0 Å². The molecule has 168 valence electrons. The van der Waals surface area contributed by atoms with Crippen LogP contribution < -0.4 is 5.73 Å². The largest absolute Gasteiger partial charge is 0.338 e. The van der Waals surface area contributed by atoms with Crippen molar-refractivity contribution in [3.8, 4) is 11.5 Å². The van der Waals surface area contributed by atoms with Crippen molar-refractivity contribution in [1.82, 2.24) is 19.0 Å². The number of benzene rings is 2. The van der Waals surface area contributed by atoms with Gasteiger partial charge in [0.2, 0.25) is 0 Å². The third kappa shape index (κ3) is 3.55. The van der Waals surface area contributed by atoms with Gasteiger partial charge in [0, 0.05) is 43.1 Å². The molecule has 1 aliphatic heterocycles. The maximum atomic E-state index is 13.7. The molecule has 2 aromatic carbocycles. The highest BCUT2D eigenvalue weighted by molar-refractivity contribution is 5.98. The van der Waals surface area contributed by atoms with Crippen LogP contribution in [-0.2, 0) is 13.6 Å². The zero-order valence-corrected chi connectivity index (χ0v) is 19.0. The lowest BCUT2D eigenvalue weighted by molar-refractivity contribution is 0.0630. The van der Waals surface area contributed by atoms with Gasteiger partial charge in [-0.2, -0.15) is 0 Å². The van der Waals surface area contributed by atoms with Crippen LogP contribution in [0.4, 0.5) is 4.39 Å². The topological polar surface area (TPSA) is 69.1 Å². The number of rotatable bonds is 3. The fourth-order valence-electron chi connectivity index (χ4n) is 4.62. The number of carbonyl (C=O) groups excluding carboxylic acids is 1. The van der Waals surface area contributed by atoms with Crippen molar-refractivity contribution in [2.24, 2.45) is 12.8 Å². The van der Waals surface area contributed by atoms with Gasteiger partial charge in [-0.25, -0.2) is 9.37 Å². The van der Waals surface area contributed by atoms with Crippen LogP contribution in [0.5, 0.6) is 0 Å². The number of amides is 1. The number of aromatic nitrogens is 3. The minimum atomic E-state index is -1.05. The second-order valence-electron chi connectivity index (χ2n) is 8.25. The summed E-state index contributed by atoms with van der Waals surface area (Å²) >= 11 is 0. The molecule has 2 atom stereocenters. The zero-order chi connectivity index (χ0) is 21.7. The van der Waals surface area contributed by atoms with E-state index < -0.39 is 12.2 Å². The van der Waals surface area contributed by atoms with E-state index in [1.54, 1.807) is 4.90 Å². The predicted octanol–water partition coefficient (Wildman–Crippen LogP) is 4.15. The van der Waals surface area contributed by atoms with Crippen molar-refractivity contribution >= 4 is 40.3 Å². The summed E-state index contributed by atoms with van der Waals surface area (Å²) in [5.41, 5.74) is 10.3. The van der Waals surface area contributed by atoms with Gasteiger partial charge in [0.05, 0.1) is 22.8 Å². The Morgan fingerprint density at radius 1 is 1.19 bits per heavy atom. The van der Waals surface area contributed by atoms with Gasteiger partial charge in [-0.3, -0.25) is 4.79 Å². The summed E-state index contributed by atoms with van der Waals surface area (Å²) in [6.45, 7) is 3.58. The third-order valence-electron chi connectivity index (χ3n) is 6.34. The van der Waals surface area contributed by atoms with E-state index in [0.29, 0.717) is 12.1 Å². The molecule has 4 aromatic rings. The van der Waals surface area contributed by atoms with E-state index in [0.717, 1.165) is 29.1 Å². The van der Waals surface area contributed by atoms with E-state index in [1.807, 2.05) is 37.4 Å². The van der Waals surface area contributed by atoms with E-state index in [1.165, 1.54) is 10.9 Å².